The highest BCUT2D eigenvalue weighted by atomic mass is 16.5. The molecule has 1 aliphatic carbocycles. The molecule has 3 amide bonds. The molecule has 1 unspecified atom stereocenters. The Morgan fingerprint density at radius 2 is 1.72 bits per heavy atom. The first kappa shape index (κ1) is 21.9. The molecule has 4 rings (SSSR count). The van der Waals surface area contributed by atoms with Crippen molar-refractivity contribution in [1.29, 1.82) is 0 Å². The van der Waals surface area contributed by atoms with Gasteiger partial charge in [0.15, 0.2) is 11.5 Å². The molecule has 0 radical (unpaired) electrons. The molecule has 2 aliphatic rings. The van der Waals surface area contributed by atoms with Gasteiger partial charge in [-0.25, -0.2) is 4.90 Å². The SMILES string of the molecule is COc1ccc(CCN(C(=O)C2CC2)C2CC(=O)N(c3ccc(C)cc3)C2=O)cc1OC. The molecule has 2 aromatic rings. The number of amides is 3. The van der Waals surface area contributed by atoms with E-state index in [-0.39, 0.29) is 30.1 Å². The number of ether oxygens (including phenoxy) is 2. The lowest BCUT2D eigenvalue weighted by atomic mass is 10.1. The average Bonchev–Trinajstić information content (AvgIpc) is 3.60. The van der Waals surface area contributed by atoms with Crippen molar-refractivity contribution in [2.75, 3.05) is 25.7 Å². The van der Waals surface area contributed by atoms with Crippen molar-refractivity contribution in [2.24, 2.45) is 5.92 Å². The summed E-state index contributed by atoms with van der Waals surface area (Å²) in [5, 5.41) is 0. The molecule has 0 N–H and O–H groups in total. The van der Waals surface area contributed by atoms with E-state index in [0.717, 1.165) is 24.0 Å². The maximum Gasteiger partial charge on any atom is 0.257 e. The molecule has 168 valence electrons. The molecule has 1 atom stereocenters. The van der Waals surface area contributed by atoms with Crippen LogP contribution in [0.25, 0.3) is 0 Å². The van der Waals surface area contributed by atoms with Crippen LogP contribution < -0.4 is 14.4 Å². The minimum Gasteiger partial charge on any atom is -0.493 e. The summed E-state index contributed by atoms with van der Waals surface area (Å²) in [6.45, 7) is 2.31. The van der Waals surface area contributed by atoms with E-state index in [1.54, 1.807) is 31.3 Å². The standard InChI is InChI=1S/C25H28N2O5/c1-16-4-9-19(10-5-16)27-23(28)15-20(25(27)30)26(24(29)18-7-8-18)13-12-17-6-11-21(31-2)22(14-17)32-3/h4-6,9-11,14,18,20H,7-8,12-13,15H2,1-3H3. The van der Waals surface area contributed by atoms with E-state index in [9.17, 15) is 14.4 Å². The molecule has 7 heteroatoms. The fourth-order valence-corrected chi connectivity index (χ4v) is 4.09. The first-order chi connectivity index (χ1) is 15.4. The Hall–Kier alpha value is -3.35. The van der Waals surface area contributed by atoms with Crippen molar-refractivity contribution < 1.29 is 23.9 Å². The van der Waals surface area contributed by atoms with Gasteiger partial charge in [-0.15, -0.1) is 0 Å². The predicted octanol–water partition coefficient (Wildman–Crippen LogP) is 3.13. The third-order valence-electron chi connectivity index (χ3n) is 6.09. The Bertz CT molecular complexity index is 1030. The Kier molecular flexibility index (Phi) is 6.17. The Balaban J connectivity index is 1.54. The highest BCUT2D eigenvalue weighted by molar-refractivity contribution is 6.23. The first-order valence-electron chi connectivity index (χ1n) is 10.9. The third-order valence-corrected chi connectivity index (χ3v) is 6.09. The Morgan fingerprint density at radius 1 is 1.03 bits per heavy atom. The maximum atomic E-state index is 13.3. The summed E-state index contributed by atoms with van der Waals surface area (Å²) in [6, 6.07) is 12.1. The molecule has 1 aliphatic heterocycles. The molecule has 7 nitrogen and oxygen atoms in total. The quantitative estimate of drug-likeness (QED) is 0.595. The van der Waals surface area contributed by atoms with Gasteiger partial charge in [0.05, 0.1) is 26.3 Å². The summed E-state index contributed by atoms with van der Waals surface area (Å²) in [7, 11) is 3.16. The molecule has 1 heterocycles. The minimum absolute atomic E-state index is 0.0110. The number of carbonyl (C=O) groups is 3. The molecule has 0 bridgehead atoms. The predicted molar refractivity (Wildman–Crippen MR) is 120 cm³/mol. The van der Waals surface area contributed by atoms with E-state index < -0.39 is 6.04 Å². The summed E-state index contributed by atoms with van der Waals surface area (Å²) >= 11 is 0. The number of aryl methyl sites for hydroxylation is 1. The van der Waals surface area contributed by atoms with Crippen molar-refractivity contribution in [3.05, 3.63) is 53.6 Å². The van der Waals surface area contributed by atoms with Crippen molar-refractivity contribution in [1.82, 2.24) is 4.90 Å². The van der Waals surface area contributed by atoms with Crippen molar-refractivity contribution >= 4 is 23.4 Å². The summed E-state index contributed by atoms with van der Waals surface area (Å²) in [5.41, 5.74) is 2.56. The van der Waals surface area contributed by atoms with Crippen LogP contribution in [-0.2, 0) is 20.8 Å². The van der Waals surface area contributed by atoms with Crippen LogP contribution in [0.1, 0.15) is 30.4 Å². The van der Waals surface area contributed by atoms with E-state index >= 15 is 0 Å². The fraction of sp³-hybridized carbons (Fsp3) is 0.400. The molecule has 32 heavy (non-hydrogen) atoms. The van der Waals surface area contributed by atoms with E-state index in [1.165, 1.54) is 4.90 Å². The van der Waals surface area contributed by atoms with Crippen LogP contribution in [0.3, 0.4) is 0 Å². The number of benzene rings is 2. The number of methoxy groups -OCH3 is 2. The monoisotopic (exact) mass is 436 g/mol. The van der Waals surface area contributed by atoms with Gasteiger partial charge in [0.1, 0.15) is 6.04 Å². The maximum absolute atomic E-state index is 13.3. The van der Waals surface area contributed by atoms with Crippen molar-refractivity contribution in [3.8, 4) is 11.5 Å². The van der Waals surface area contributed by atoms with Crippen LogP contribution in [0.2, 0.25) is 0 Å². The third kappa shape index (κ3) is 4.33. The molecule has 1 saturated carbocycles. The highest BCUT2D eigenvalue weighted by Crippen LogP contribution is 2.34. The topological polar surface area (TPSA) is 76.2 Å². The molecule has 0 spiro atoms. The lowest BCUT2D eigenvalue weighted by Crippen LogP contribution is -2.47. The smallest absolute Gasteiger partial charge is 0.257 e. The van der Waals surface area contributed by atoms with E-state index in [4.69, 9.17) is 9.47 Å². The largest absolute Gasteiger partial charge is 0.493 e. The summed E-state index contributed by atoms with van der Waals surface area (Å²) in [5.74, 6) is 0.554. The van der Waals surface area contributed by atoms with Gasteiger partial charge in [-0.2, -0.15) is 0 Å². The second-order valence-electron chi connectivity index (χ2n) is 8.37. The van der Waals surface area contributed by atoms with Crippen molar-refractivity contribution in [3.63, 3.8) is 0 Å². The van der Waals surface area contributed by atoms with Crippen molar-refractivity contribution in [2.45, 2.75) is 38.6 Å². The highest BCUT2D eigenvalue weighted by Gasteiger charge is 2.46. The summed E-state index contributed by atoms with van der Waals surface area (Å²) in [6.07, 6.45) is 2.23. The number of nitrogens with zero attached hydrogens (tertiary/aromatic N) is 2. The molecule has 2 fully saturated rings. The first-order valence-corrected chi connectivity index (χ1v) is 10.9. The Labute approximate surface area is 187 Å². The number of imide groups is 1. The average molecular weight is 437 g/mol. The lowest BCUT2D eigenvalue weighted by molar-refractivity contribution is -0.139. The van der Waals surface area contributed by atoms with Gasteiger partial charge >= 0.3 is 0 Å². The Morgan fingerprint density at radius 3 is 2.34 bits per heavy atom. The van der Waals surface area contributed by atoms with Crippen LogP contribution in [0.15, 0.2) is 42.5 Å². The zero-order chi connectivity index (χ0) is 22.8. The van der Waals surface area contributed by atoms with Gasteiger partial charge in [0, 0.05) is 12.5 Å². The number of hydrogen-bond acceptors (Lipinski definition) is 5. The van der Waals surface area contributed by atoms with Gasteiger partial charge in [0.2, 0.25) is 11.8 Å². The van der Waals surface area contributed by atoms with E-state index in [0.29, 0.717) is 30.2 Å². The summed E-state index contributed by atoms with van der Waals surface area (Å²) < 4.78 is 10.7. The normalized spacial score (nSPS) is 18.1. The molecular formula is C25H28N2O5. The molecule has 0 aromatic heterocycles. The van der Waals surface area contributed by atoms with Gasteiger partial charge in [-0.1, -0.05) is 23.8 Å². The summed E-state index contributed by atoms with van der Waals surface area (Å²) in [4.78, 5) is 41.9. The van der Waals surface area contributed by atoms with Crippen LogP contribution in [0.5, 0.6) is 11.5 Å². The van der Waals surface area contributed by atoms with E-state index in [1.807, 2.05) is 37.3 Å². The number of anilines is 1. The van der Waals surface area contributed by atoms with Crippen LogP contribution in [-0.4, -0.2) is 49.4 Å². The van der Waals surface area contributed by atoms with Crippen LogP contribution >= 0.6 is 0 Å². The minimum atomic E-state index is -0.767. The zero-order valence-corrected chi connectivity index (χ0v) is 18.7. The van der Waals surface area contributed by atoms with E-state index in [2.05, 4.69) is 0 Å². The second-order valence-corrected chi connectivity index (χ2v) is 8.37. The van der Waals surface area contributed by atoms with Gasteiger partial charge in [-0.3, -0.25) is 14.4 Å². The lowest BCUT2D eigenvalue weighted by Gasteiger charge is -2.28. The molecular weight excluding hydrogens is 408 g/mol. The van der Waals surface area contributed by atoms with Crippen LogP contribution in [0, 0.1) is 12.8 Å². The van der Waals surface area contributed by atoms with Gasteiger partial charge in [-0.05, 0) is 56.0 Å². The second kappa shape index (κ2) is 9.02. The molecule has 2 aromatic carbocycles. The number of carbonyl (C=O) groups excluding carboxylic acids is 3. The zero-order valence-electron chi connectivity index (χ0n) is 18.7. The molecule has 1 saturated heterocycles. The van der Waals surface area contributed by atoms with Gasteiger partial charge < -0.3 is 14.4 Å². The fourth-order valence-electron chi connectivity index (χ4n) is 4.09. The van der Waals surface area contributed by atoms with Gasteiger partial charge in [0.25, 0.3) is 5.91 Å². The number of hydrogen-bond donors (Lipinski definition) is 0. The number of rotatable bonds is 8. The van der Waals surface area contributed by atoms with Crippen LogP contribution in [0.4, 0.5) is 5.69 Å².